The van der Waals surface area contributed by atoms with E-state index in [1.807, 2.05) is 12.1 Å². The van der Waals surface area contributed by atoms with Crippen LogP contribution in [-0.4, -0.2) is 57.1 Å². The van der Waals surface area contributed by atoms with Crippen LogP contribution in [0.3, 0.4) is 0 Å². The third kappa shape index (κ3) is 9.36. The van der Waals surface area contributed by atoms with Crippen LogP contribution in [0, 0.1) is 18.8 Å². The fourth-order valence-electron chi connectivity index (χ4n) is 5.09. The molecule has 0 radical (unpaired) electrons. The second-order valence-corrected chi connectivity index (χ2v) is 9.99. The van der Waals surface area contributed by atoms with Gasteiger partial charge in [0.05, 0.1) is 0 Å². The number of carbonyl (C=O) groups excluding carboxylic acids is 2. The van der Waals surface area contributed by atoms with Crippen molar-refractivity contribution in [2.24, 2.45) is 11.8 Å². The number of methoxy groups -OCH3 is 1. The number of anilines is 2. The molecule has 6 heteroatoms. The Bertz CT molecular complexity index is 704. The SMILES string of the molecule is COCC(C)C.Cc1cc(NC=O)ccc1N1CCC[C@@H](CCN(C=O)C2CCCCC2)C1. The van der Waals surface area contributed by atoms with Gasteiger partial charge in [-0.15, -0.1) is 0 Å². The summed E-state index contributed by atoms with van der Waals surface area (Å²) in [6.07, 6.45) is 11.5. The fraction of sp³-hybridized carbons (Fsp3) is 0.704. The lowest BCUT2D eigenvalue weighted by molar-refractivity contribution is -0.121. The zero-order chi connectivity index (χ0) is 24.1. The van der Waals surface area contributed by atoms with Crippen molar-refractivity contribution in [2.75, 3.05) is 43.6 Å². The summed E-state index contributed by atoms with van der Waals surface area (Å²) in [6.45, 7) is 10.3. The molecule has 1 saturated heterocycles. The minimum atomic E-state index is 0.469. The highest BCUT2D eigenvalue weighted by Gasteiger charge is 2.24. The monoisotopic (exact) mass is 459 g/mol. The lowest BCUT2D eigenvalue weighted by Crippen LogP contribution is -2.40. The second-order valence-electron chi connectivity index (χ2n) is 9.99. The second kappa shape index (κ2) is 14.9. The van der Waals surface area contributed by atoms with Gasteiger partial charge in [0.25, 0.3) is 0 Å². The number of amides is 2. The molecule has 1 aromatic carbocycles. The highest BCUT2D eigenvalue weighted by atomic mass is 16.5. The van der Waals surface area contributed by atoms with Crippen molar-refractivity contribution >= 4 is 24.2 Å². The Kier molecular flexibility index (Phi) is 12.3. The van der Waals surface area contributed by atoms with Crippen LogP contribution in [0.4, 0.5) is 11.4 Å². The maximum absolute atomic E-state index is 11.6. The summed E-state index contributed by atoms with van der Waals surface area (Å²) >= 11 is 0. The largest absolute Gasteiger partial charge is 0.384 e. The molecule has 0 spiro atoms. The van der Waals surface area contributed by atoms with E-state index < -0.39 is 0 Å². The third-order valence-electron chi connectivity index (χ3n) is 6.76. The van der Waals surface area contributed by atoms with E-state index >= 15 is 0 Å². The zero-order valence-corrected chi connectivity index (χ0v) is 21.2. The topological polar surface area (TPSA) is 61.9 Å². The first-order chi connectivity index (χ1) is 16.0. The maximum atomic E-state index is 11.6. The lowest BCUT2D eigenvalue weighted by Gasteiger charge is -2.37. The van der Waals surface area contributed by atoms with E-state index in [-0.39, 0.29) is 0 Å². The normalized spacial score (nSPS) is 18.9. The maximum Gasteiger partial charge on any atom is 0.211 e. The number of aryl methyl sites for hydroxylation is 1. The first-order valence-corrected chi connectivity index (χ1v) is 12.7. The van der Waals surface area contributed by atoms with Gasteiger partial charge >= 0.3 is 0 Å². The molecule has 33 heavy (non-hydrogen) atoms. The van der Waals surface area contributed by atoms with Gasteiger partial charge in [0.15, 0.2) is 0 Å². The standard InChI is InChI=1S/C22H33N3O2.C5H12O/c1-18-14-20(23-16-26)9-10-22(18)24-12-5-6-19(15-24)11-13-25(17-27)21-7-3-2-4-8-21;1-5(2)4-6-3/h9-10,14,16-17,19,21H,2-8,11-13,15H2,1H3,(H,23,26);5H,4H2,1-3H3/t19-;/m0./s1. The average Bonchev–Trinajstić information content (AvgIpc) is 2.81. The van der Waals surface area contributed by atoms with E-state index in [1.54, 1.807) is 7.11 Å². The number of carbonyl (C=O) groups is 2. The smallest absolute Gasteiger partial charge is 0.211 e. The number of piperidine rings is 1. The van der Waals surface area contributed by atoms with Crippen LogP contribution < -0.4 is 10.2 Å². The van der Waals surface area contributed by atoms with Crippen molar-refractivity contribution in [1.82, 2.24) is 4.90 Å². The molecule has 2 aliphatic rings. The third-order valence-corrected chi connectivity index (χ3v) is 6.76. The number of rotatable bonds is 10. The number of hydrogen-bond donors (Lipinski definition) is 1. The zero-order valence-electron chi connectivity index (χ0n) is 21.2. The van der Waals surface area contributed by atoms with Crippen molar-refractivity contribution in [1.29, 1.82) is 0 Å². The van der Waals surface area contributed by atoms with Gasteiger partial charge in [-0.25, -0.2) is 0 Å². The molecule has 0 unspecified atom stereocenters. The van der Waals surface area contributed by atoms with E-state index in [9.17, 15) is 9.59 Å². The average molecular weight is 460 g/mol. The van der Waals surface area contributed by atoms with E-state index in [0.29, 0.717) is 17.9 Å². The summed E-state index contributed by atoms with van der Waals surface area (Å²) in [5.41, 5.74) is 3.30. The van der Waals surface area contributed by atoms with E-state index in [2.05, 4.69) is 42.0 Å². The van der Waals surface area contributed by atoms with Gasteiger partial charge in [0.1, 0.15) is 0 Å². The Hall–Kier alpha value is -2.08. The predicted octanol–water partition coefficient (Wildman–Crippen LogP) is 5.25. The van der Waals surface area contributed by atoms with Gasteiger partial charge in [-0.3, -0.25) is 9.59 Å². The molecule has 0 bridgehead atoms. The van der Waals surface area contributed by atoms with Gasteiger partial charge in [-0.2, -0.15) is 0 Å². The van der Waals surface area contributed by atoms with Gasteiger partial charge in [0.2, 0.25) is 12.8 Å². The first-order valence-electron chi connectivity index (χ1n) is 12.7. The van der Waals surface area contributed by atoms with Crippen molar-refractivity contribution in [3.63, 3.8) is 0 Å². The highest BCUT2D eigenvalue weighted by Crippen LogP contribution is 2.30. The predicted molar refractivity (Wildman–Crippen MR) is 137 cm³/mol. The molecular formula is C27H45N3O3. The van der Waals surface area contributed by atoms with Crippen LogP contribution in [0.25, 0.3) is 0 Å². The Morgan fingerprint density at radius 3 is 2.48 bits per heavy atom. The summed E-state index contributed by atoms with van der Waals surface area (Å²) in [5, 5.41) is 2.72. The summed E-state index contributed by atoms with van der Waals surface area (Å²) in [6, 6.07) is 6.59. The summed E-state index contributed by atoms with van der Waals surface area (Å²) in [7, 11) is 1.72. The lowest BCUT2D eigenvalue weighted by atomic mass is 9.91. The van der Waals surface area contributed by atoms with Crippen molar-refractivity contribution in [2.45, 2.75) is 78.2 Å². The minimum absolute atomic E-state index is 0.469. The van der Waals surface area contributed by atoms with E-state index in [1.165, 1.54) is 56.2 Å². The van der Waals surface area contributed by atoms with Crippen LogP contribution in [0.15, 0.2) is 18.2 Å². The number of hydrogen-bond acceptors (Lipinski definition) is 4. The van der Waals surface area contributed by atoms with Crippen molar-refractivity contribution in [3.8, 4) is 0 Å². The van der Waals surface area contributed by atoms with Crippen LogP contribution in [0.1, 0.15) is 70.8 Å². The highest BCUT2D eigenvalue weighted by molar-refractivity contribution is 5.73. The number of benzene rings is 1. The molecule has 6 nitrogen and oxygen atoms in total. The molecule has 0 aromatic heterocycles. The Morgan fingerprint density at radius 2 is 1.91 bits per heavy atom. The summed E-state index contributed by atoms with van der Waals surface area (Å²) in [5.74, 6) is 1.31. The van der Waals surface area contributed by atoms with Gasteiger partial charge in [-0.05, 0) is 74.6 Å². The molecule has 3 rings (SSSR count). The molecular weight excluding hydrogens is 414 g/mol. The van der Waals surface area contributed by atoms with Gasteiger partial charge < -0.3 is 19.9 Å². The molecule has 1 aromatic rings. The molecule has 1 saturated carbocycles. The Balaban J connectivity index is 0.000000569. The first kappa shape index (κ1) is 27.2. The Morgan fingerprint density at radius 1 is 1.15 bits per heavy atom. The molecule has 2 fully saturated rings. The van der Waals surface area contributed by atoms with Crippen LogP contribution in [0.2, 0.25) is 0 Å². The summed E-state index contributed by atoms with van der Waals surface area (Å²) < 4.78 is 4.80. The van der Waals surface area contributed by atoms with Crippen molar-refractivity contribution < 1.29 is 14.3 Å². The van der Waals surface area contributed by atoms with Gasteiger partial charge in [-0.1, -0.05) is 33.1 Å². The van der Waals surface area contributed by atoms with Crippen molar-refractivity contribution in [3.05, 3.63) is 23.8 Å². The Labute approximate surface area is 201 Å². The number of ether oxygens (including phenoxy) is 1. The molecule has 1 N–H and O–H groups in total. The number of nitrogens with zero attached hydrogens (tertiary/aromatic N) is 2. The molecule has 2 amide bonds. The molecule has 186 valence electrons. The quantitative estimate of drug-likeness (QED) is 0.486. The minimum Gasteiger partial charge on any atom is -0.384 e. The molecule has 1 aliphatic heterocycles. The van der Waals surface area contributed by atoms with E-state index in [4.69, 9.17) is 4.74 Å². The molecule has 1 aliphatic carbocycles. The number of nitrogens with one attached hydrogen (secondary N) is 1. The molecule has 1 atom stereocenters. The van der Waals surface area contributed by atoms with Gasteiger partial charge in [0, 0.05) is 50.8 Å². The van der Waals surface area contributed by atoms with Crippen LogP contribution >= 0.6 is 0 Å². The van der Waals surface area contributed by atoms with E-state index in [0.717, 1.165) is 51.2 Å². The van der Waals surface area contributed by atoms with Crippen LogP contribution in [0.5, 0.6) is 0 Å². The summed E-state index contributed by atoms with van der Waals surface area (Å²) in [4.78, 5) is 26.8. The fourth-order valence-corrected chi connectivity index (χ4v) is 5.09. The van der Waals surface area contributed by atoms with Crippen LogP contribution in [-0.2, 0) is 14.3 Å². The molecule has 1 heterocycles.